The molecule has 0 unspecified atom stereocenters. The SMILES string of the molecule is [CH]1COC2(CCNCC2)O1. The van der Waals surface area contributed by atoms with E-state index in [1.807, 2.05) is 0 Å². The van der Waals surface area contributed by atoms with Crippen LogP contribution in [0.25, 0.3) is 0 Å². The van der Waals surface area contributed by atoms with E-state index in [1.54, 1.807) is 6.61 Å². The van der Waals surface area contributed by atoms with Gasteiger partial charge in [0.05, 0.1) is 6.61 Å². The van der Waals surface area contributed by atoms with E-state index in [4.69, 9.17) is 9.47 Å². The Hall–Kier alpha value is -0.120. The molecule has 3 nitrogen and oxygen atoms in total. The van der Waals surface area contributed by atoms with Crippen LogP contribution in [0.5, 0.6) is 0 Å². The number of hydrogen-bond acceptors (Lipinski definition) is 3. The zero-order valence-electron chi connectivity index (χ0n) is 5.93. The average Bonchev–Trinajstić information content (AvgIpc) is 2.39. The first-order chi connectivity index (χ1) is 4.91. The summed E-state index contributed by atoms with van der Waals surface area (Å²) in [4.78, 5) is 0. The third-order valence-electron chi connectivity index (χ3n) is 2.08. The maximum absolute atomic E-state index is 5.46. The lowest BCUT2D eigenvalue weighted by atomic mass is 10.1. The van der Waals surface area contributed by atoms with Crippen molar-refractivity contribution < 1.29 is 9.47 Å². The highest BCUT2D eigenvalue weighted by Gasteiger charge is 2.37. The van der Waals surface area contributed by atoms with E-state index in [0.29, 0.717) is 6.61 Å². The fourth-order valence-electron chi connectivity index (χ4n) is 1.48. The zero-order chi connectivity index (χ0) is 6.86. The molecular weight excluding hydrogens is 130 g/mol. The predicted octanol–water partition coefficient (Wildman–Crippen LogP) is 0.275. The van der Waals surface area contributed by atoms with Crippen LogP contribution < -0.4 is 5.32 Å². The molecule has 3 heteroatoms. The highest BCUT2D eigenvalue weighted by Crippen LogP contribution is 2.29. The Bertz CT molecular complexity index is 113. The van der Waals surface area contributed by atoms with Gasteiger partial charge in [0.2, 0.25) is 0 Å². The topological polar surface area (TPSA) is 30.5 Å². The highest BCUT2D eigenvalue weighted by molar-refractivity contribution is 4.83. The minimum absolute atomic E-state index is 0.245. The second kappa shape index (κ2) is 2.49. The number of piperidine rings is 1. The molecule has 57 valence electrons. The van der Waals surface area contributed by atoms with E-state index in [2.05, 4.69) is 5.32 Å². The Morgan fingerprint density at radius 2 is 2.10 bits per heavy atom. The fraction of sp³-hybridized carbons (Fsp3) is 0.857. The van der Waals surface area contributed by atoms with Crippen LogP contribution in [0.15, 0.2) is 0 Å². The van der Waals surface area contributed by atoms with Gasteiger partial charge in [-0.1, -0.05) is 0 Å². The second-order valence-electron chi connectivity index (χ2n) is 2.76. The van der Waals surface area contributed by atoms with Crippen molar-refractivity contribution in [3.8, 4) is 0 Å². The summed E-state index contributed by atoms with van der Waals surface area (Å²) >= 11 is 0. The fourth-order valence-corrected chi connectivity index (χ4v) is 1.48. The molecule has 0 atom stereocenters. The zero-order valence-corrected chi connectivity index (χ0v) is 5.93. The van der Waals surface area contributed by atoms with E-state index >= 15 is 0 Å². The van der Waals surface area contributed by atoms with E-state index < -0.39 is 0 Å². The van der Waals surface area contributed by atoms with Crippen LogP contribution >= 0.6 is 0 Å². The monoisotopic (exact) mass is 142 g/mol. The van der Waals surface area contributed by atoms with Gasteiger partial charge in [-0.2, -0.15) is 0 Å². The summed E-state index contributed by atoms with van der Waals surface area (Å²) in [5, 5.41) is 3.26. The Morgan fingerprint density at radius 1 is 1.30 bits per heavy atom. The summed E-state index contributed by atoms with van der Waals surface area (Å²) in [6, 6.07) is 0. The average molecular weight is 142 g/mol. The Morgan fingerprint density at radius 3 is 2.70 bits per heavy atom. The van der Waals surface area contributed by atoms with E-state index in [1.165, 1.54) is 0 Å². The summed E-state index contributed by atoms with van der Waals surface area (Å²) in [6.45, 7) is 4.42. The first kappa shape index (κ1) is 6.58. The molecule has 0 aromatic heterocycles. The standard InChI is InChI=1S/C7H12NO2/c1-3-8-4-2-7(1)9-5-6-10-7/h5,8H,1-4,6H2. The molecule has 10 heavy (non-hydrogen) atoms. The molecule has 1 radical (unpaired) electrons. The Balaban J connectivity index is 1.98. The van der Waals surface area contributed by atoms with Crippen molar-refractivity contribution in [3.63, 3.8) is 0 Å². The molecule has 0 amide bonds. The molecule has 2 fully saturated rings. The van der Waals surface area contributed by atoms with Crippen molar-refractivity contribution >= 4 is 0 Å². The molecule has 2 aliphatic rings. The van der Waals surface area contributed by atoms with Gasteiger partial charge in [0.15, 0.2) is 5.79 Å². The lowest BCUT2D eigenvalue weighted by Crippen LogP contribution is -2.42. The van der Waals surface area contributed by atoms with Crippen LogP contribution in [-0.2, 0) is 9.47 Å². The van der Waals surface area contributed by atoms with Crippen LogP contribution in [-0.4, -0.2) is 25.5 Å². The number of hydrogen-bond donors (Lipinski definition) is 1. The van der Waals surface area contributed by atoms with Crippen LogP contribution in [0.1, 0.15) is 12.8 Å². The summed E-state index contributed by atoms with van der Waals surface area (Å²) in [7, 11) is 0. The largest absolute Gasteiger partial charge is 0.347 e. The van der Waals surface area contributed by atoms with Crippen LogP contribution in [0.2, 0.25) is 0 Å². The first-order valence-corrected chi connectivity index (χ1v) is 3.76. The van der Waals surface area contributed by atoms with Crippen molar-refractivity contribution in [1.29, 1.82) is 0 Å². The molecule has 2 saturated heterocycles. The minimum atomic E-state index is -0.245. The van der Waals surface area contributed by atoms with Crippen LogP contribution in [0.4, 0.5) is 0 Å². The summed E-state index contributed by atoms with van der Waals surface area (Å²) in [5.41, 5.74) is 0. The lowest BCUT2D eigenvalue weighted by molar-refractivity contribution is -0.165. The molecule has 1 N–H and O–H groups in total. The van der Waals surface area contributed by atoms with Crippen LogP contribution in [0, 0.1) is 6.61 Å². The molecule has 0 aromatic rings. The third-order valence-corrected chi connectivity index (χ3v) is 2.08. The molecule has 0 aromatic carbocycles. The Kier molecular flexibility index (Phi) is 1.64. The second-order valence-corrected chi connectivity index (χ2v) is 2.76. The van der Waals surface area contributed by atoms with Gasteiger partial charge in [0, 0.05) is 25.9 Å². The van der Waals surface area contributed by atoms with Gasteiger partial charge in [-0.3, -0.25) is 0 Å². The van der Waals surface area contributed by atoms with Crippen molar-refractivity contribution in [2.24, 2.45) is 0 Å². The van der Waals surface area contributed by atoms with Crippen molar-refractivity contribution in [3.05, 3.63) is 6.61 Å². The lowest BCUT2D eigenvalue weighted by Gasteiger charge is -2.31. The quantitative estimate of drug-likeness (QED) is 0.526. The van der Waals surface area contributed by atoms with Gasteiger partial charge in [0.1, 0.15) is 6.61 Å². The summed E-state index contributed by atoms with van der Waals surface area (Å²) in [5.74, 6) is -0.245. The molecule has 0 bridgehead atoms. The van der Waals surface area contributed by atoms with E-state index in [9.17, 15) is 0 Å². The number of ether oxygens (including phenoxy) is 2. The van der Waals surface area contributed by atoms with Gasteiger partial charge >= 0.3 is 0 Å². The van der Waals surface area contributed by atoms with Gasteiger partial charge < -0.3 is 14.8 Å². The predicted molar refractivity (Wildman–Crippen MR) is 36.2 cm³/mol. The molecular formula is C7H12NO2. The summed E-state index contributed by atoms with van der Waals surface area (Å²) in [6.07, 6.45) is 1.95. The molecule has 2 heterocycles. The van der Waals surface area contributed by atoms with Crippen molar-refractivity contribution in [2.75, 3.05) is 19.7 Å². The number of rotatable bonds is 0. The Labute approximate surface area is 60.7 Å². The highest BCUT2D eigenvalue weighted by atomic mass is 16.7. The molecule has 0 saturated carbocycles. The molecule has 2 rings (SSSR count). The summed E-state index contributed by atoms with van der Waals surface area (Å²) < 4.78 is 10.9. The third kappa shape index (κ3) is 1.05. The van der Waals surface area contributed by atoms with Crippen LogP contribution in [0.3, 0.4) is 0 Å². The van der Waals surface area contributed by atoms with Gasteiger partial charge in [-0.15, -0.1) is 0 Å². The molecule has 0 aliphatic carbocycles. The van der Waals surface area contributed by atoms with Gasteiger partial charge in [-0.05, 0) is 0 Å². The van der Waals surface area contributed by atoms with Gasteiger partial charge in [0.25, 0.3) is 0 Å². The van der Waals surface area contributed by atoms with E-state index in [-0.39, 0.29) is 5.79 Å². The maximum atomic E-state index is 5.46. The van der Waals surface area contributed by atoms with Crippen molar-refractivity contribution in [1.82, 2.24) is 5.32 Å². The molecule has 2 aliphatic heterocycles. The van der Waals surface area contributed by atoms with Crippen molar-refractivity contribution in [2.45, 2.75) is 18.6 Å². The number of nitrogens with one attached hydrogen (secondary N) is 1. The molecule has 1 spiro atoms. The van der Waals surface area contributed by atoms with Gasteiger partial charge in [-0.25, -0.2) is 0 Å². The van der Waals surface area contributed by atoms with E-state index in [0.717, 1.165) is 25.9 Å². The smallest absolute Gasteiger partial charge is 0.171 e. The maximum Gasteiger partial charge on any atom is 0.171 e. The minimum Gasteiger partial charge on any atom is -0.347 e. The first-order valence-electron chi connectivity index (χ1n) is 3.76. The normalized spacial score (nSPS) is 31.2.